The Morgan fingerprint density at radius 3 is 2.39 bits per heavy atom. The normalized spacial score (nSPS) is 12.3. The molecule has 0 aliphatic rings. The summed E-state index contributed by atoms with van der Waals surface area (Å²) >= 11 is 0. The van der Waals surface area contributed by atoms with Crippen LogP contribution in [0, 0.1) is 6.92 Å². The van der Waals surface area contributed by atoms with Crippen molar-refractivity contribution in [1.82, 2.24) is 18.7 Å². The van der Waals surface area contributed by atoms with Crippen LogP contribution in [0.4, 0.5) is 5.69 Å². The van der Waals surface area contributed by atoms with Crippen LogP contribution in [0.1, 0.15) is 50.9 Å². The lowest BCUT2D eigenvalue weighted by atomic mass is 9.99. The Morgan fingerprint density at radius 2 is 1.79 bits per heavy atom. The maximum Gasteiger partial charge on any atom is 0.333 e. The first kappa shape index (κ1) is 24.4. The Morgan fingerprint density at radius 1 is 1.09 bits per heavy atom. The Balaban J connectivity index is 1.97. The highest BCUT2D eigenvalue weighted by molar-refractivity contribution is 5.90. The standard InChI is InChI=1S/C24H33N5O4/c1-6-12-28-22-21(27(13-14-33-5)17(4)25-22)23(31)29(24(28)32)15-20(30)26-19-10-8-18(9-11-19)16(3)7-2/h8-11,16H,6-7,12-15H2,1-5H3,(H,26,30). The van der Waals surface area contributed by atoms with Gasteiger partial charge in [0, 0.05) is 25.9 Å². The molecule has 9 nitrogen and oxygen atoms in total. The van der Waals surface area contributed by atoms with Crippen LogP contribution in [0.5, 0.6) is 0 Å². The van der Waals surface area contributed by atoms with E-state index in [9.17, 15) is 14.4 Å². The zero-order valence-electron chi connectivity index (χ0n) is 20.1. The molecule has 33 heavy (non-hydrogen) atoms. The van der Waals surface area contributed by atoms with Crippen molar-refractivity contribution in [2.45, 2.75) is 66.1 Å². The first-order valence-corrected chi connectivity index (χ1v) is 11.4. The summed E-state index contributed by atoms with van der Waals surface area (Å²) in [6.45, 7) is 8.85. The Labute approximate surface area is 193 Å². The smallest absolute Gasteiger partial charge is 0.333 e. The fourth-order valence-corrected chi connectivity index (χ4v) is 3.89. The molecule has 1 N–H and O–H groups in total. The number of anilines is 1. The lowest BCUT2D eigenvalue weighted by Crippen LogP contribution is -2.43. The van der Waals surface area contributed by atoms with Crippen molar-refractivity contribution in [1.29, 1.82) is 0 Å². The Hall–Kier alpha value is -3.20. The van der Waals surface area contributed by atoms with Crippen LogP contribution < -0.4 is 16.6 Å². The Kier molecular flexibility index (Phi) is 7.86. The minimum absolute atomic E-state index is 0.309. The van der Waals surface area contributed by atoms with Gasteiger partial charge in [-0.15, -0.1) is 0 Å². The maximum atomic E-state index is 13.3. The first-order valence-electron chi connectivity index (χ1n) is 11.4. The number of ether oxygens (including phenoxy) is 1. The number of carbonyl (C=O) groups is 1. The lowest BCUT2D eigenvalue weighted by molar-refractivity contribution is -0.116. The van der Waals surface area contributed by atoms with Gasteiger partial charge in [0.15, 0.2) is 11.2 Å². The number of benzene rings is 1. The number of aromatic nitrogens is 4. The highest BCUT2D eigenvalue weighted by Crippen LogP contribution is 2.20. The molecule has 0 saturated heterocycles. The van der Waals surface area contributed by atoms with Crippen LogP contribution in [0.3, 0.4) is 0 Å². The van der Waals surface area contributed by atoms with Gasteiger partial charge in [-0.25, -0.2) is 14.3 Å². The van der Waals surface area contributed by atoms with Gasteiger partial charge in [-0.05, 0) is 43.4 Å². The van der Waals surface area contributed by atoms with E-state index in [2.05, 4.69) is 24.1 Å². The van der Waals surface area contributed by atoms with Crippen LogP contribution in [-0.4, -0.2) is 38.3 Å². The van der Waals surface area contributed by atoms with E-state index in [1.54, 1.807) is 18.6 Å². The summed E-state index contributed by atoms with van der Waals surface area (Å²) in [5.74, 6) is 0.614. The van der Waals surface area contributed by atoms with E-state index in [-0.39, 0.29) is 6.54 Å². The molecule has 3 aromatic rings. The number of hydrogen-bond acceptors (Lipinski definition) is 5. The number of nitrogens with zero attached hydrogens (tertiary/aromatic N) is 4. The summed E-state index contributed by atoms with van der Waals surface area (Å²) in [5.41, 5.74) is 1.41. The predicted octanol–water partition coefficient (Wildman–Crippen LogP) is 2.88. The predicted molar refractivity (Wildman–Crippen MR) is 129 cm³/mol. The van der Waals surface area contributed by atoms with Gasteiger partial charge in [0.25, 0.3) is 5.56 Å². The molecule has 2 aromatic heterocycles. The molecule has 0 radical (unpaired) electrons. The quantitative estimate of drug-likeness (QED) is 0.507. The molecule has 1 amide bonds. The van der Waals surface area contributed by atoms with Crippen LogP contribution in [0.25, 0.3) is 11.2 Å². The summed E-state index contributed by atoms with van der Waals surface area (Å²) in [6.07, 6.45) is 1.72. The lowest BCUT2D eigenvalue weighted by Gasteiger charge is -2.13. The van der Waals surface area contributed by atoms with E-state index < -0.39 is 17.2 Å². The van der Waals surface area contributed by atoms with Crippen LogP contribution in [0.15, 0.2) is 33.9 Å². The molecular formula is C24H33N5O4. The van der Waals surface area contributed by atoms with Crippen LogP contribution in [-0.2, 0) is 29.2 Å². The number of amides is 1. The minimum Gasteiger partial charge on any atom is -0.383 e. The molecule has 2 heterocycles. The molecule has 1 unspecified atom stereocenters. The number of aryl methyl sites for hydroxylation is 2. The molecule has 9 heteroatoms. The topological polar surface area (TPSA) is 100 Å². The van der Waals surface area contributed by atoms with E-state index in [4.69, 9.17) is 4.74 Å². The van der Waals surface area contributed by atoms with Gasteiger partial charge in [-0.3, -0.25) is 14.2 Å². The molecule has 0 spiro atoms. The summed E-state index contributed by atoms with van der Waals surface area (Å²) < 4.78 is 9.37. The van der Waals surface area contributed by atoms with Crippen molar-refractivity contribution < 1.29 is 9.53 Å². The van der Waals surface area contributed by atoms with Crippen molar-refractivity contribution in [2.75, 3.05) is 19.0 Å². The van der Waals surface area contributed by atoms with Gasteiger partial charge < -0.3 is 14.6 Å². The molecule has 0 fully saturated rings. The number of carbonyl (C=O) groups excluding carboxylic acids is 1. The van der Waals surface area contributed by atoms with Crippen molar-refractivity contribution >= 4 is 22.8 Å². The minimum atomic E-state index is -0.534. The molecule has 1 atom stereocenters. The molecule has 0 aliphatic carbocycles. The van der Waals surface area contributed by atoms with Gasteiger partial charge in [0.2, 0.25) is 5.91 Å². The van der Waals surface area contributed by atoms with Crippen molar-refractivity contribution in [2.24, 2.45) is 0 Å². The first-order chi connectivity index (χ1) is 15.8. The number of rotatable bonds is 10. The number of hydrogen-bond donors (Lipinski definition) is 1. The number of imidazole rings is 1. The molecular weight excluding hydrogens is 422 g/mol. The largest absolute Gasteiger partial charge is 0.383 e. The maximum absolute atomic E-state index is 13.3. The zero-order valence-corrected chi connectivity index (χ0v) is 20.1. The zero-order chi connectivity index (χ0) is 24.1. The van der Waals surface area contributed by atoms with E-state index >= 15 is 0 Å². The highest BCUT2D eigenvalue weighted by atomic mass is 16.5. The second kappa shape index (κ2) is 10.6. The van der Waals surface area contributed by atoms with E-state index in [1.807, 2.05) is 31.2 Å². The fraction of sp³-hybridized carbons (Fsp3) is 0.500. The second-order valence-electron chi connectivity index (χ2n) is 8.28. The van der Waals surface area contributed by atoms with Crippen molar-refractivity contribution in [3.63, 3.8) is 0 Å². The summed E-state index contributed by atoms with van der Waals surface area (Å²) in [6, 6.07) is 7.63. The average molecular weight is 456 g/mol. The van der Waals surface area contributed by atoms with Gasteiger partial charge in [0.1, 0.15) is 12.4 Å². The molecule has 1 aromatic carbocycles. The third-order valence-corrected chi connectivity index (χ3v) is 5.95. The van der Waals surface area contributed by atoms with E-state index in [0.29, 0.717) is 54.7 Å². The molecule has 0 saturated carbocycles. The molecule has 0 bridgehead atoms. The molecule has 0 aliphatic heterocycles. The number of nitrogens with one attached hydrogen (secondary N) is 1. The van der Waals surface area contributed by atoms with E-state index in [1.165, 1.54) is 10.1 Å². The third-order valence-electron chi connectivity index (χ3n) is 5.95. The molecule has 3 rings (SSSR count). The Bertz CT molecular complexity index is 1240. The van der Waals surface area contributed by atoms with Crippen molar-refractivity contribution in [3.8, 4) is 0 Å². The summed E-state index contributed by atoms with van der Waals surface area (Å²) in [7, 11) is 1.58. The van der Waals surface area contributed by atoms with Crippen molar-refractivity contribution in [3.05, 3.63) is 56.5 Å². The highest BCUT2D eigenvalue weighted by Gasteiger charge is 2.21. The fourth-order valence-electron chi connectivity index (χ4n) is 3.89. The average Bonchev–Trinajstić information content (AvgIpc) is 3.13. The summed E-state index contributed by atoms with van der Waals surface area (Å²) in [5, 5.41) is 2.79. The molecule has 178 valence electrons. The van der Waals surface area contributed by atoms with Gasteiger partial charge in [-0.1, -0.05) is 32.9 Å². The monoisotopic (exact) mass is 455 g/mol. The SMILES string of the molecule is CCCn1c(=O)n(CC(=O)Nc2ccc(C(C)CC)cc2)c(=O)c2c1nc(C)n2CCOC. The van der Waals surface area contributed by atoms with Crippen LogP contribution in [0.2, 0.25) is 0 Å². The van der Waals surface area contributed by atoms with Gasteiger partial charge >= 0.3 is 5.69 Å². The second-order valence-corrected chi connectivity index (χ2v) is 8.28. The number of fused-ring (bicyclic) bond motifs is 1. The summed E-state index contributed by atoms with van der Waals surface area (Å²) in [4.78, 5) is 43.7. The van der Waals surface area contributed by atoms with E-state index in [0.717, 1.165) is 11.0 Å². The van der Waals surface area contributed by atoms with Crippen LogP contribution >= 0.6 is 0 Å². The van der Waals surface area contributed by atoms with Gasteiger partial charge in [-0.2, -0.15) is 0 Å². The van der Waals surface area contributed by atoms with Gasteiger partial charge in [0.05, 0.1) is 6.61 Å². The third kappa shape index (κ3) is 5.08. The number of methoxy groups -OCH3 is 1.